The van der Waals surface area contributed by atoms with Crippen molar-refractivity contribution < 1.29 is 4.74 Å². The fraction of sp³-hybridized carbons (Fsp3) is 0.333. The molecule has 2 aromatic carbocycles. The molecule has 2 atom stereocenters. The van der Waals surface area contributed by atoms with Crippen molar-refractivity contribution in [2.45, 2.75) is 22.5 Å². The van der Waals surface area contributed by atoms with E-state index in [-0.39, 0.29) is 0 Å². The molecule has 0 saturated carbocycles. The second kappa shape index (κ2) is 13.2. The molecule has 29 heavy (non-hydrogen) atoms. The molecule has 0 spiro atoms. The second-order valence-corrected chi connectivity index (χ2v) is 14.8. The van der Waals surface area contributed by atoms with Gasteiger partial charge in [0.05, 0.1) is 17.9 Å². The first-order valence-electron chi connectivity index (χ1n) is 8.01. The zero-order valence-electron chi connectivity index (χ0n) is 14.3. The predicted octanol–water partition coefficient (Wildman–Crippen LogP) is 11.5. The summed E-state index contributed by atoms with van der Waals surface area (Å²) in [4.78, 5) is 0.615. The van der Waals surface area contributed by atoms with Crippen molar-refractivity contribution in [1.82, 2.24) is 0 Å². The van der Waals surface area contributed by atoms with Gasteiger partial charge in [-0.05, 0) is 99.8 Å². The highest BCUT2D eigenvalue weighted by molar-refractivity contribution is 9.13. The van der Waals surface area contributed by atoms with Crippen LogP contribution in [0, 0.1) is 0 Å². The van der Waals surface area contributed by atoms with Crippen LogP contribution in [0.5, 0.6) is 11.5 Å². The summed E-state index contributed by atoms with van der Waals surface area (Å²) in [6.45, 7) is 0. The molecule has 160 valence electrons. The lowest BCUT2D eigenvalue weighted by molar-refractivity contribution is 0.468. The van der Waals surface area contributed by atoms with Gasteiger partial charge in [0.2, 0.25) is 0 Å². The summed E-state index contributed by atoms with van der Waals surface area (Å²) in [5.74, 6) is 1.45. The molecular weight excluding hydrogens is 1030 g/mol. The van der Waals surface area contributed by atoms with Gasteiger partial charge in [-0.3, -0.25) is 0 Å². The van der Waals surface area contributed by atoms with E-state index in [0.29, 0.717) is 9.65 Å². The maximum Gasteiger partial charge on any atom is 0.156 e. The number of ether oxygens (including phenoxy) is 1. The van der Waals surface area contributed by atoms with E-state index in [9.17, 15) is 0 Å². The maximum absolute atomic E-state index is 6.44. The quantitative estimate of drug-likeness (QED) is 0.240. The van der Waals surface area contributed by atoms with Gasteiger partial charge in [0.25, 0.3) is 0 Å². The van der Waals surface area contributed by atoms with Crippen LogP contribution in [0.4, 0.5) is 0 Å². The van der Waals surface area contributed by atoms with Crippen molar-refractivity contribution in [2.24, 2.45) is 0 Å². The Morgan fingerprint density at radius 3 is 1.28 bits per heavy atom. The lowest BCUT2D eigenvalue weighted by atomic mass is 10.1. The number of rotatable bonds is 8. The smallest absolute Gasteiger partial charge is 0.156 e. The van der Waals surface area contributed by atoms with Crippen LogP contribution < -0.4 is 4.74 Å². The van der Waals surface area contributed by atoms with E-state index in [0.717, 1.165) is 73.0 Å². The molecule has 2 aromatic rings. The molecule has 0 heterocycles. The minimum Gasteiger partial charge on any atom is -0.453 e. The Balaban J connectivity index is 2.54. The predicted molar refractivity (Wildman–Crippen MR) is 160 cm³/mol. The van der Waals surface area contributed by atoms with Crippen LogP contribution in [-0.2, 0) is 12.8 Å². The van der Waals surface area contributed by atoms with Crippen LogP contribution in [0.2, 0.25) is 0 Å². The van der Waals surface area contributed by atoms with Crippen molar-refractivity contribution in [2.75, 3.05) is 10.7 Å². The third-order valence-corrected chi connectivity index (χ3v) is 12.7. The van der Waals surface area contributed by atoms with Gasteiger partial charge < -0.3 is 4.74 Å². The molecule has 0 amide bonds. The number of halogens is 10. The summed E-state index contributed by atoms with van der Waals surface area (Å²) >= 11 is 36.6. The Morgan fingerprint density at radius 1 is 0.621 bits per heavy atom. The van der Waals surface area contributed by atoms with Crippen molar-refractivity contribution in [1.29, 1.82) is 0 Å². The summed E-state index contributed by atoms with van der Waals surface area (Å²) < 4.78 is 12.0. The molecule has 2 rings (SSSR count). The molecule has 2 unspecified atom stereocenters. The molecule has 1 nitrogen and oxygen atoms in total. The summed E-state index contributed by atoms with van der Waals surface area (Å²) in [7, 11) is 0. The fourth-order valence-corrected chi connectivity index (χ4v) is 8.75. The normalized spacial score (nSPS) is 13.4. The SMILES string of the molecule is BrCC(Br)Cc1c(Br)cc(Br)c(Oc2c(Br)cc(Br)c(CC(Br)CBr)c2Br)c1Br. The molecule has 11 heteroatoms. The van der Waals surface area contributed by atoms with E-state index in [1.165, 1.54) is 0 Å². The highest BCUT2D eigenvalue weighted by Gasteiger charge is 2.23. The van der Waals surface area contributed by atoms with Crippen LogP contribution in [0.3, 0.4) is 0 Å². The maximum atomic E-state index is 6.44. The lowest BCUT2D eigenvalue weighted by Crippen LogP contribution is -2.07. The fourth-order valence-electron chi connectivity index (χ4n) is 2.44. The molecule has 0 N–H and O–H groups in total. The molecule has 0 aliphatic carbocycles. The van der Waals surface area contributed by atoms with Crippen molar-refractivity contribution in [3.63, 3.8) is 0 Å². The van der Waals surface area contributed by atoms with Crippen LogP contribution in [0.1, 0.15) is 11.1 Å². The first-order valence-corrected chi connectivity index (χ1v) is 16.8. The average Bonchev–Trinajstić information content (AvgIpc) is 2.67. The van der Waals surface area contributed by atoms with E-state index < -0.39 is 0 Å². The van der Waals surface area contributed by atoms with Gasteiger partial charge >= 0.3 is 0 Å². The molecule has 0 saturated heterocycles. The third kappa shape index (κ3) is 7.51. The largest absolute Gasteiger partial charge is 0.453 e. The van der Waals surface area contributed by atoms with Crippen LogP contribution in [-0.4, -0.2) is 20.3 Å². The summed E-state index contributed by atoms with van der Waals surface area (Å²) in [6, 6.07) is 4.04. The second-order valence-electron chi connectivity index (χ2n) is 5.94. The highest BCUT2D eigenvalue weighted by Crippen LogP contribution is 2.48. The average molecular weight is 1040 g/mol. The number of alkyl halides is 4. The van der Waals surface area contributed by atoms with E-state index in [4.69, 9.17) is 4.74 Å². The van der Waals surface area contributed by atoms with Crippen LogP contribution in [0.25, 0.3) is 0 Å². The third-order valence-electron chi connectivity index (χ3n) is 3.84. The minimum atomic E-state index is 0.307. The van der Waals surface area contributed by atoms with Gasteiger partial charge in [-0.25, -0.2) is 0 Å². The highest BCUT2D eigenvalue weighted by atomic mass is 79.9. The van der Waals surface area contributed by atoms with Gasteiger partial charge in [0.1, 0.15) is 0 Å². The summed E-state index contributed by atoms with van der Waals surface area (Å²) in [5.41, 5.74) is 2.27. The van der Waals surface area contributed by atoms with Crippen molar-refractivity contribution in [3.05, 3.63) is 50.1 Å². The van der Waals surface area contributed by atoms with Crippen LogP contribution >= 0.6 is 159 Å². The molecule has 0 fully saturated rings. The van der Waals surface area contributed by atoms with Crippen LogP contribution in [0.15, 0.2) is 39.0 Å². The first-order chi connectivity index (χ1) is 13.6. The Labute approximate surface area is 254 Å². The summed E-state index contributed by atoms with van der Waals surface area (Å²) in [6.07, 6.45) is 1.67. The Bertz CT molecular complexity index is 814. The standard InChI is InChI=1S/C18H12Br10O/c19-5-7(21)1-9-11(23)3-13(25)17(15(9)27)29-18-14(26)4-12(24)10(16(18)28)2-8(22)6-20/h3-4,7-8H,1-2,5-6H2. The van der Waals surface area contributed by atoms with Gasteiger partial charge in [0.15, 0.2) is 11.5 Å². The Kier molecular flexibility index (Phi) is 12.9. The van der Waals surface area contributed by atoms with Gasteiger partial charge in [-0.2, -0.15) is 0 Å². The Morgan fingerprint density at radius 2 is 0.966 bits per heavy atom. The number of hydrogen-bond acceptors (Lipinski definition) is 1. The van der Waals surface area contributed by atoms with E-state index in [1.54, 1.807) is 0 Å². The topological polar surface area (TPSA) is 9.23 Å². The molecule has 0 bridgehead atoms. The molecule has 0 aromatic heterocycles. The van der Waals surface area contributed by atoms with Crippen molar-refractivity contribution in [3.8, 4) is 11.5 Å². The Hall–Kier alpha value is 3.04. The first kappa shape index (κ1) is 28.3. The minimum absolute atomic E-state index is 0.307. The van der Waals surface area contributed by atoms with Gasteiger partial charge in [-0.1, -0.05) is 95.6 Å². The van der Waals surface area contributed by atoms with E-state index in [2.05, 4.69) is 159 Å². The summed E-state index contributed by atoms with van der Waals surface area (Å²) in [5, 5.41) is 1.71. The van der Waals surface area contributed by atoms with Gasteiger partial charge in [0, 0.05) is 29.3 Å². The molecular formula is C18H12Br10O. The molecule has 0 radical (unpaired) electrons. The van der Waals surface area contributed by atoms with Gasteiger partial charge in [-0.15, -0.1) is 0 Å². The monoisotopic (exact) mass is 1030 g/mol. The number of benzene rings is 2. The zero-order chi connectivity index (χ0) is 21.9. The van der Waals surface area contributed by atoms with Crippen molar-refractivity contribution >= 4 is 159 Å². The molecule has 0 aliphatic heterocycles. The number of hydrogen-bond donors (Lipinski definition) is 0. The zero-order valence-corrected chi connectivity index (χ0v) is 30.2. The lowest BCUT2D eigenvalue weighted by Gasteiger charge is -2.20. The van der Waals surface area contributed by atoms with E-state index in [1.807, 2.05) is 12.1 Å². The molecule has 0 aliphatic rings. The van der Waals surface area contributed by atoms with E-state index >= 15 is 0 Å².